The number of hydrogen-bond donors (Lipinski definition) is 3. The number of rotatable bonds is 8. The first kappa shape index (κ1) is 20.3. The predicted molar refractivity (Wildman–Crippen MR) is 106 cm³/mol. The minimum Gasteiger partial charge on any atom is -0.472 e. The van der Waals surface area contributed by atoms with Gasteiger partial charge in [-0.1, -0.05) is 30.3 Å². The molecule has 0 aliphatic heterocycles. The zero-order valence-corrected chi connectivity index (χ0v) is 16.1. The third-order valence-corrected chi connectivity index (χ3v) is 6.30. The van der Waals surface area contributed by atoms with E-state index in [0.29, 0.717) is 30.5 Å². The molecule has 2 aromatic carbocycles. The summed E-state index contributed by atoms with van der Waals surface area (Å²) in [4.78, 5) is 0.191. The minimum atomic E-state index is -3.64. The maximum Gasteiger partial charge on any atom is 0.182 e. The second-order valence-electron chi connectivity index (χ2n) is 6.51. The van der Waals surface area contributed by atoms with Gasteiger partial charge in [0, 0.05) is 11.1 Å². The number of hydrogen-bond acceptors (Lipinski definition) is 6. The van der Waals surface area contributed by atoms with Crippen LogP contribution in [0.2, 0.25) is 0 Å². The largest absolute Gasteiger partial charge is 0.472 e. The van der Waals surface area contributed by atoms with E-state index in [0.717, 1.165) is 11.1 Å². The molecule has 0 aliphatic rings. The van der Waals surface area contributed by atoms with Gasteiger partial charge in [-0.15, -0.1) is 0 Å². The first-order valence-electron chi connectivity index (χ1n) is 8.95. The predicted octanol–water partition coefficient (Wildman–Crippen LogP) is 2.80. The Balaban J connectivity index is 2.11. The fraction of sp³-hybridized carbons (Fsp3) is 0.238. The van der Waals surface area contributed by atoms with E-state index in [1.54, 1.807) is 42.7 Å². The van der Waals surface area contributed by atoms with Crippen molar-refractivity contribution < 1.29 is 23.0 Å². The summed E-state index contributed by atoms with van der Waals surface area (Å²) in [6, 6.07) is 13.3. The molecule has 7 heteroatoms. The Bertz CT molecular complexity index is 1010. The smallest absolute Gasteiger partial charge is 0.182 e. The Kier molecular flexibility index (Phi) is 6.31. The number of furan rings is 1. The molecule has 0 aliphatic carbocycles. The summed E-state index contributed by atoms with van der Waals surface area (Å²) in [5.41, 5.74) is 8.44. The minimum absolute atomic E-state index is 0.191. The first-order valence-corrected chi connectivity index (χ1v) is 10.6. The van der Waals surface area contributed by atoms with E-state index < -0.39 is 16.1 Å². The number of aliphatic hydroxyl groups excluding tert-OH is 1. The Hall–Kier alpha value is -2.45. The third kappa shape index (κ3) is 4.34. The van der Waals surface area contributed by atoms with Crippen molar-refractivity contribution in [2.75, 3.05) is 6.54 Å². The molecule has 1 aromatic heterocycles. The van der Waals surface area contributed by atoms with Crippen LogP contribution in [-0.4, -0.2) is 25.2 Å². The lowest BCUT2D eigenvalue weighted by Crippen LogP contribution is -2.13. The van der Waals surface area contributed by atoms with Crippen molar-refractivity contribution in [3.63, 3.8) is 0 Å². The van der Waals surface area contributed by atoms with Crippen molar-refractivity contribution in [3.8, 4) is 11.1 Å². The molecule has 0 bridgehead atoms. The summed E-state index contributed by atoms with van der Waals surface area (Å²) in [7, 11) is -3.64. The Morgan fingerprint density at radius 2 is 1.79 bits per heavy atom. The van der Waals surface area contributed by atoms with Crippen LogP contribution in [0.4, 0.5) is 0 Å². The SMILES string of the molecule is NCCCc1c(-c2ccoc2)ccc(CS(=O)(=O)c2ccccc2)c1C(O)O. The third-order valence-electron chi connectivity index (χ3n) is 4.62. The lowest BCUT2D eigenvalue weighted by atomic mass is 9.90. The van der Waals surface area contributed by atoms with Gasteiger partial charge in [-0.05, 0) is 54.3 Å². The van der Waals surface area contributed by atoms with Gasteiger partial charge in [0.05, 0.1) is 23.2 Å². The monoisotopic (exact) mass is 401 g/mol. The van der Waals surface area contributed by atoms with Gasteiger partial charge in [-0.3, -0.25) is 0 Å². The maximum absolute atomic E-state index is 12.8. The van der Waals surface area contributed by atoms with Crippen LogP contribution in [0.3, 0.4) is 0 Å². The zero-order chi connectivity index (χ0) is 20.1. The van der Waals surface area contributed by atoms with Gasteiger partial charge in [0.15, 0.2) is 16.1 Å². The molecular weight excluding hydrogens is 378 g/mol. The quantitative estimate of drug-likeness (QED) is 0.500. The first-order chi connectivity index (χ1) is 13.4. The van der Waals surface area contributed by atoms with Crippen LogP contribution in [0.15, 0.2) is 70.4 Å². The van der Waals surface area contributed by atoms with Gasteiger partial charge < -0.3 is 20.4 Å². The molecule has 0 amide bonds. The van der Waals surface area contributed by atoms with Crippen LogP contribution in [-0.2, 0) is 22.0 Å². The molecular formula is C21H23NO5S. The van der Waals surface area contributed by atoms with Crippen molar-refractivity contribution >= 4 is 9.84 Å². The molecule has 0 radical (unpaired) electrons. The highest BCUT2D eigenvalue weighted by molar-refractivity contribution is 7.90. The lowest BCUT2D eigenvalue weighted by Gasteiger charge is -2.20. The number of nitrogens with two attached hydrogens (primary N) is 1. The zero-order valence-electron chi connectivity index (χ0n) is 15.3. The number of sulfone groups is 1. The van der Waals surface area contributed by atoms with Gasteiger partial charge in [-0.2, -0.15) is 0 Å². The topological polar surface area (TPSA) is 114 Å². The van der Waals surface area contributed by atoms with Gasteiger partial charge in [0.1, 0.15) is 0 Å². The van der Waals surface area contributed by atoms with Crippen LogP contribution in [0.5, 0.6) is 0 Å². The summed E-state index contributed by atoms with van der Waals surface area (Å²) in [6.45, 7) is 0.429. The maximum atomic E-state index is 12.8. The Morgan fingerprint density at radius 3 is 2.39 bits per heavy atom. The van der Waals surface area contributed by atoms with E-state index >= 15 is 0 Å². The van der Waals surface area contributed by atoms with E-state index in [9.17, 15) is 18.6 Å². The molecule has 0 saturated heterocycles. The Morgan fingerprint density at radius 1 is 1.04 bits per heavy atom. The molecule has 28 heavy (non-hydrogen) atoms. The lowest BCUT2D eigenvalue weighted by molar-refractivity contribution is -0.0435. The number of benzene rings is 2. The second kappa shape index (κ2) is 8.70. The average Bonchev–Trinajstić information content (AvgIpc) is 3.21. The van der Waals surface area contributed by atoms with Gasteiger partial charge in [-0.25, -0.2) is 8.42 Å². The molecule has 4 N–H and O–H groups in total. The molecule has 0 saturated carbocycles. The van der Waals surface area contributed by atoms with Crippen LogP contribution in [0.1, 0.15) is 29.4 Å². The van der Waals surface area contributed by atoms with E-state index in [2.05, 4.69) is 0 Å². The van der Waals surface area contributed by atoms with E-state index in [1.807, 2.05) is 0 Å². The van der Waals surface area contributed by atoms with E-state index in [4.69, 9.17) is 10.2 Å². The van der Waals surface area contributed by atoms with Gasteiger partial charge in [0.25, 0.3) is 0 Å². The molecule has 148 valence electrons. The summed E-state index contributed by atoms with van der Waals surface area (Å²) in [5.74, 6) is -0.328. The highest BCUT2D eigenvalue weighted by Crippen LogP contribution is 2.34. The summed E-state index contributed by atoms with van der Waals surface area (Å²) < 4.78 is 30.8. The van der Waals surface area contributed by atoms with Crippen LogP contribution >= 0.6 is 0 Å². The molecule has 0 spiro atoms. The van der Waals surface area contributed by atoms with Crippen molar-refractivity contribution in [2.24, 2.45) is 5.73 Å². The molecule has 3 rings (SSSR count). The molecule has 0 unspecified atom stereocenters. The highest BCUT2D eigenvalue weighted by atomic mass is 32.2. The normalized spacial score (nSPS) is 11.9. The molecule has 6 nitrogen and oxygen atoms in total. The molecule has 0 fully saturated rings. The summed E-state index contributed by atoms with van der Waals surface area (Å²) in [6.07, 6.45) is 2.41. The van der Waals surface area contributed by atoms with Crippen molar-refractivity contribution in [3.05, 3.63) is 77.7 Å². The number of aliphatic hydroxyl groups is 2. The molecule has 0 atom stereocenters. The van der Waals surface area contributed by atoms with E-state index in [1.165, 1.54) is 18.4 Å². The summed E-state index contributed by atoms with van der Waals surface area (Å²) >= 11 is 0. The Labute approximate surface area is 164 Å². The molecule has 3 aromatic rings. The van der Waals surface area contributed by atoms with Crippen LogP contribution in [0.25, 0.3) is 11.1 Å². The van der Waals surface area contributed by atoms with Gasteiger partial charge in [0.2, 0.25) is 0 Å². The fourth-order valence-corrected chi connectivity index (χ4v) is 4.71. The van der Waals surface area contributed by atoms with Crippen LogP contribution < -0.4 is 5.73 Å². The second-order valence-corrected chi connectivity index (χ2v) is 8.50. The van der Waals surface area contributed by atoms with Gasteiger partial charge >= 0.3 is 0 Å². The molecule has 1 heterocycles. The standard InChI is InChI=1S/C21H23NO5S/c22-11-4-7-19-18(15-10-12-27-13-15)9-8-16(20(19)21(23)24)14-28(25,26)17-5-2-1-3-6-17/h1-3,5-6,8-10,12-13,21,23-24H,4,7,11,14,22H2. The van der Waals surface area contributed by atoms with Crippen molar-refractivity contribution in [1.82, 2.24) is 0 Å². The van der Waals surface area contributed by atoms with E-state index in [-0.39, 0.29) is 16.2 Å². The van der Waals surface area contributed by atoms with Crippen molar-refractivity contribution in [1.29, 1.82) is 0 Å². The summed E-state index contributed by atoms with van der Waals surface area (Å²) in [5, 5.41) is 20.2. The highest BCUT2D eigenvalue weighted by Gasteiger charge is 2.24. The van der Waals surface area contributed by atoms with Crippen LogP contribution in [0, 0.1) is 0 Å². The average molecular weight is 401 g/mol. The van der Waals surface area contributed by atoms with Crippen molar-refractivity contribution in [2.45, 2.75) is 29.8 Å². The fourth-order valence-electron chi connectivity index (χ4n) is 3.31.